The van der Waals surface area contributed by atoms with Gasteiger partial charge >= 0.3 is 0 Å². The van der Waals surface area contributed by atoms with Crippen LogP contribution in [-0.4, -0.2) is 36.5 Å². The highest BCUT2D eigenvalue weighted by Crippen LogP contribution is 2.39. The van der Waals surface area contributed by atoms with E-state index in [0.29, 0.717) is 12.6 Å². The first-order valence-electron chi connectivity index (χ1n) is 6.33. The number of hydrogen-bond acceptors (Lipinski definition) is 3. The predicted octanol–water partition coefficient (Wildman–Crippen LogP) is 1.45. The maximum Gasteiger partial charge on any atom is 0.0697 e. The van der Waals surface area contributed by atoms with Gasteiger partial charge in [0.05, 0.1) is 5.60 Å². The van der Waals surface area contributed by atoms with Gasteiger partial charge in [0.25, 0.3) is 0 Å². The van der Waals surface area contributed by atoms with E-state index in [9.17, 15) is 0 Å². The molecule has 0 bridgehead atoms. The van der Waals surface area contributed by atoms with Crippen molar-refractivity contribution in [1.82, 2.24) is 5.32 Å². The molecule has 0 aromatic rings. The summed E-state index contributed by atoms with van der Waals surface area (Å²) >= 11 is 0. The Balaban J connectivity index is 1.76. The first-order chi connectivity index (χ1) is 7.35. The fourth-order valence-corrected chi connectivity index (χ4v) is 2.96. The molecule has 2 N–H and O–H groups in total. The summed E-state index contributed by atoms with van der Waals surface area (Å²) < 4.78 is 5.97. The summed E-state index contributed by atoms with van der Waals surface area (Å²) in [5.74, 6) is 0. The molecule has 1 unspecified atom stereocenters. The second kappa shape index (κ2) is 5.28. The lowest BCUT2D eigenvalue weighted by Gasteiger charge is -2.38. The topological polar surface area (TPSA) is 41.5 Å². The molecule has 1 atom stereocenters. The van der Waals surface area contributed by atoms with Crippen LogP contribution in [0.2, 0.25) is 0 Å². The number of aliphatic hydroxyl groups is 1. The summed E-state index contributed by atoms with van der Waals surface area (Å²) in [5, 5.41) is 12.3. The lowest BCUT2D eigenvalue weighted by Crippen LogP contribution is -2.45. The highest BCUT2D eigenvalue weighted by molar-refractivity contribution is 4.93. The van der Waals surface area contributed by atoms with E-state index in [4.69, 9.17) is 9.84 Å². The Bertz CT molecular complexity index is 190. The van der Waals surface area contributed by atoms with Crippen molar-refractivity contribution in [2.24, 2.45) is 0 Å². The van der Waals surface area contributed by atoms with Crippen LogP contribution in [-0.2, 0) is 4.74 Å². The summed E-state index contributed by atoms with van der Waals surface area (Å²) in [6, 6.07) is 0.614. The van der Waals surface area contributed by atoms with E-state index >= 15 is 0 Å². The molecule has 0 aromatic carbocycles. The molecule has 3 nitrogen and oxygen atoms in total. The molecular formula is C12H23NO2. The minimum absolute atomic E-state index is 0.217. The lowest BCUT2D eigenvalue weighted by molar-refractivity contribution is -0.0835. The molecule has 1 aliphatic heterocycles. The van der Waals surface area contributed by atoms with Crippen molar-refractivity contribution < 1.29 is 9.84 Å². The molecule has 2 aliphatic rings. The molecule has 1 heterocycles. The van der Waals surface area contributed by atoms with Crippen LogP contribution in [0.25, 0.3) is 0 Å². The average Bonchev–Trinajstić information content (AvgIpc) is 2.67. The highest BCUT2D eigenvalue weighted by Gasteiger charge is 2.39. The minimum Gasteiger partial charge on any atom is -0.396 e. The van der Waals surface area contributed by atoms with E-state index < -0.39 is 0 Å². The first kappa shape index (κ1) is 11.4. The van der Waals surface area contributed by atoms with Crippen LogP contribution in [0.4, 0.5) is 0 Å². The normalized spacial score (nSPS) is 29.8. The van der Waals surface area contributed by atoms with Crippen LogP contribution in [0.1, 0.15) is 44.9 Å². The Hall–Kier alpha value is -0.120. The Kier molecular flexibility index (Phi) is 4.00. The summed E-state index contributed by atoms with van der Waals surface area (Å²) in [7, 11) is 0. The molecule has 1 aliphatic carbocycles. The molecule has 1 saturated carbocycles. The molecule has 0 aromatic heterocycles. The third-order valence-corrected chi connectivity index (χ3v) is 3.78. The fourth-order valence-electron chi connectivity index (χ4n) is 2.96. The van der Waals surface area contributed by atoms with Gasteiger partial charge in [-0.3, -0.25) is 0 Å². The zero-order valence-electron chi connectivity index (χ0n) is 9.50. The van der Waals surface area contributed by atoms with E-state index in [1.54, 1.807) is 0 Å². The van der Waals surface area contributed by atoms with Crippen LogP contribution in [0.3, 0.4) is 0 Å². The van der Waals surface area contributed by atoms with E-state index in [1.165, 1.54) is 32.1 Å². The Morgan fingerprint density at radius 1 is 1.33 bits per heavy atom. The van der Waals surface area contributed by atoms with E-state index in [0.717, 1.165) is 26.0 Å². The maximum absolute atomic E-state index is 8.74. The zero-order chi connectivity index (χ0) is 10.6. The maximum atomic E-state index is 8.74. The predicted molar refractivity (Wildman–Crippen MR) is 59.9 cm³/mol. The monoisotopic (exact) mass is 213 g/mol. The van der Waals surface area contributed by atoms with Gasteiger partial charge in [-0.2, -0.15) is 0 Å². The van der Waals surface area contributed by atoms with Crippen molar-refractivity contribution in [3.8, 4) is 0 Å². The minimum atomic E-state index is 0.217. The number of hydrogen-bond donors (Lipinski definition) is 2. The third kappa shape index (κ3) is 2.92. The first-order valence-corrected chi connectivity index (χ1v) is 6.33. The van der Waals surface area contributed by atoms with Crippen molar-refractivity contribution in [2.45, 2.75) is 56.6 Å². The van der Waals surface area contributed by atoms with Gasteiger partial charge in [0.2, 0.25) is 0 Å². The lowest BCUT2D eigenvalue weighted by atomic mass is 9.89. The van der Waals surface area contributed by atoms with Gasteiger partial charge in [-0.25, -0.2) is 0 Å². The quantitative estimate of drug-likeness (QED) is 0.695. The number of rotatable bonds is 4. The summed E-state index contributed by atoms with van der Waals surface area (Å²) in [6.45, 7) is 2.15. The standard InChI is InChI=1S/C12H23NO2/c14-8-3-7-13-11-4-9-15-12(10-11)5-1-2-6-12/h11,13-14H,1-10H2. The van der Waals surface area contributed by atoms with Crippen molar-refractivity contribution in [3.63, 3.8) is 0 Å². The van der Waals surface area contributed by atoms with Gasteiger partial charge in [0, 0.05) is 19.3 Å². The Morgan fingerprint density at radius 3 is 2.87 bits per heavy atom. The number of nitrogens with one attached hydrogen (secondary N) is 1. The summed E-state index contributed by atoms with van der Waals surface area (Å²) in [4.78, 5) is 0. The molecule has 88 valence electrons. The van der Waals surface area contributed by atoms with Gasteiger partial charge < -0.3 is 15.2 Å². The van der Waals surface area contributed by atoms with Crippen LogP contribution >= 0.6 is 0 Å². The van der Waals surface area contributed by atoms with Gasteiger partial charge in [0.15, 0.2) is 0 Å². The summed E-state index contributed by atoms with van der Waals surface area (Å²) in [5.41, 5.74) is 0.217. The number of ether oxygens (including phenoxy) is 1. The van der Waals surface area contributed by atoms with Crippen molar-refractivity contribution >= 4 is 0 Å². The second-order valence-electron chi connectivity index (χ2n) is 4.96. The molecule has 1 spiro atoms. The second-order valence-corrected chi connectivity index (χ2v) is 4.96. The van der Waals surface area contributed by atoms with Crippen LogP contribution in [0, 0.1) is 0 Å². The molecule has 1 saturated heterocycles. The van der Waals surface area contributed by atoms with Crippen molar-refractivity contribution in [2.75, 3.05) is 19.8 Å². The van der Waals surface area contributed by atoms with Crippen LogP contribution in [0.15, 0.2) is 0 Å². The molecule has 2 fully saturated rings. The third-order valence-electron chi connectivity index (χ3n) is 3.78. The Labute approximate surface area is 92.2 Å². The molecule has 15 heavy (non-hydrogen) atoms. The number of aliphatic hydroxyl groups excluding tert-OH is 1. The summed E-state index contributed by atoms with van der Waals surface area (Å²) in [6.07, 6.45) is 8.36. The van der Waals surface area contributed by atoms with Crippen molar-refractivity contribution in [3.05, 3.63) is 0 Å². The van der Waals surface area contributed by atoms with Gasteiger partial charge in [-0.05, 0) is 38.6 Å². The van der Waals surface area contributed by atoms with Crippen LogP contribution < -0.4 is 5.32 Å². The van der Waals surface area contributed by atoms with Crippen molar-refractivity contribution in [1.29, 1.82) is 0 Å². The van der Waals surface area contributed by atoms with Gasteiger partial charge in [-0.1, -0.05) is 12.8 Å². The average molecular weight is 213 g/mol. The van der Waals surface area contributed by atoms with E-state index in [1.807, 2.05) is 0 Å². The zero-order valence-corrected chi connectivity index (χ0v) is 9.50. The molecule has 0 radical (unpaired) electrons. The van der Waals surface area contributed by atoms with Crippen LogP contribution in [0.5, 0.6) is 0 Å². The van der Waals surface area contributed by atoms with E-state index in [-0.39, 0.29) is 5.60 Å². The van der Waals surface area contributed by atoms with Gasteiger partial charge in [-0.15, -0.1) is 0 Å². The Morgan fingerprint density at radius 2 is 2.13 bits per heavy atom. The smallest absolute Gasteiger partial charge is 0.0697 e. The van der Waals surface area contributed by atoms with Gasteiger partial charge in [0.1, 0.15) is 0 Å². The fraction of sp³-hybridized carbons (Fsp3) is 1.00. The molecular weight excluding hydrogens is 190 g/mol. The SMILES string of the molecule is OCCCNC1CCOC2(CCCC2)C1. The molecule has 3 heteroatoms. The molecule has 2 rings (SSSR count). The largest absolute Gasteiger partial charge is 0.396 e. The molecule has 0 amide bonds. The highest BCUT2D eigenvalue weighted by atomic mass is 16.5. The van der Waals surface area contributed by atoms with E-state index in [2.05, 4.69) is 5.32 Å².